The minimum atomic E-state index is -0.262. The quantitative estimate of drug-likeness (QED) is 0.704. The minimum Gasteiger partial charge on any atom is -0.455 e. The molecule has 4 rings (SSSR count). The molecule has 0 atom stereocenters. The Morgan fingerprint density at radius 1 is 1.20 bits per heavy atom. The first-order valence-electron chi connectivity index (χ1n) is 8.36. The number of nitrogens with one attached hydrogen (secondary N) is 1. The van der Waals surface area contributed by atoms with E-state index in [0.717, 1.165) is 40.8 Å². The van der Waals surface area contributed by atoms with E-state index in [0.29, 0.717) is 11.4 Å². The van der Waals surface area contributed by atoms with Crippen LogP contribution in [0.4, 0.5) is 5.69 Å². The molecule has 0 unspecified atom stereocenters. The molecule has 1 saturated heterocycles. The summed E-state index contributed by atoms with van der Waals surface area (Å²) in [7, 11) is 0. The monoisotopic (exact) mass is 399 g/mol. The third kappa shape index (κ3) is 3.45. The van der Waals surface area contributed by atoms with Crippen LogP contribution in [-0.2, 0) is 6.54 Å². The van der Waals surface area contributed by atoms with Crippen molar-refractivity contribution in [3.63, 3.8) is 0 Å². The predicted molar refractivity (Wildman–Crippen MR) is 101 cm³/mol. The molecule has 5 nitrogen and oxygen atoms in total. The number of hydrogen-bond donors (Lipinski definition) is 1. The molecule has 3 aromatic rings. The molecule has 0 aliphatic carbocycles. The summed E-state index contributed by atoms with van der Waals surface area (Å²) in [5.74, 6) is 0.883. The van der Waals surface area contributed by atoms with Crippen molar-refractivity contribution in [1.82, 2.24) is 9.88 Å². The third-order valence-electron chi connectivity index (χ3n) is 4.43. The summed E-state index contributed by atoms with van der Waals surface area (Å²) in [4.78, 5) is 19.3. The molecule has 128 valence electrons. The molecule has 1 amide bonds. The van der Waals surface area contributed by atoms with Gasteiger partial charge in [0, 0.05) is 16.1 Å². The summed E-state index contributed by atoms with van der Waals surface area (Å²) >= 11 is 3.51. The highest BCUT2D eigenvalue weighted by molar-refractivity contribution is 9.10. The first-order chi connectivity index (χ1) is 12.2. The molecule has 6 heteroatoms. The number of rotatable bonds is 4. The Hall–Kier alpha value is -2.18. The molecule has 2 aromatic heterocycles. The Kier molecular flexibility index (Phi) is 4.55. The first-order valence-corrected chi connectivity index (χ1v) is 9.16. The van der Waals surface area contributed by atoms with Crippen LogP contribution in [0.1, 0.15) is 29.2 Å². The third-order valence-corrected chi connectivity index (χ3v) is 5.12. The van der Waals surface area contributed by atoms with Gasteiger partial charge in [-0.25, -0.2) is 0 Å². The van der Waals surface area contributed by atoms with Gasteiger partial charge in [-0.05, 0) is 56.3 Å². The van der Waals surface area contributed by atoms with Crippen molar-refractivity contribution < 1.29 is 9.21 Å². The van der Waals surface area contributed by atoms with Crippen LogP contribution in [0.2, 0.25) is 0 Å². The number of benzene rings is 1. The lowest BCUT2D eigenvalue weighted by Gasteiger charge is -2.11. The smallest absolute Gasteiger partial charge is 0.291 e. The van der Waals surface area contributed by atoms with E-state index in [2.05, 4.69) is 31.1 Å². The number of carbonyl (C=O) groups is 1. The number of fused-ring (bicyclic) bond motifs is 1. The highest BCUT2D eigenvalue weighted by Gasteiger charge is 2.17. The molecule has 0 radical (unpaired) electrons. The van der Waals surface area contributed by atoms with Gasteiger partial charge >= 0.3 is 0 Å². The Labute approximate surface area is 154 Å². The number of pyridine rings is 1. The van der Waals surface area contributed by atoms with Crippen LogP contribution >= 0.6 is 15.9 Å². The van der Waals surface area contributed by atoms with Gasteiger partial charge in [-0.3, -0.25) is 14.7 Å². The van der Waals surface area contributed by atoms with Gasteiger partial charge in [0.2, 0.25) is 0 Å². The molecule has 0 saturated carbocycles. The highest BCUT2D eigenvalue weighted by Crippen LogP contribution is 2.28. The number of carbonyl (C=O) groups excluding carboxylic acids is 1. The van der Waals surface area contributed by atoms with E-state index < -0.39 is 0 Å². The molecular formula is C19H18BrN3O2. The Balaban J connectivity index is 1.52. The molecule has 25 heavy (non-hydrogen) atoms. The van der Waals surface area contributed by atoms with Crippen LogP contribution in [0.15, 0.2) is 51.5 Å². The zero-order valence-electron chi connectivity index (χ0n) is 13.7. The fraction of sp³-hybridized carbons (Fsp3) is 0.263. The molecule has 3 heterocycles. The summed E-state index contributed by atoms with van der Waals surface area (Å²) in [6.07, 6.45) is 4.18. The fourth-order valence-electron chi connectivity index (χ4n) is 3.17. The minimum absolute atomic E-state index is 0.262. The summed E-state index contributed by atoms with van der Waals surface area (Å²) < 4.78 is 6.68. The molecule has 1 aliphatic heterocycles. The second kappa shape index (κ2) is 6.98. The number of halogens is 1. The van der Waals surface area contributed by atoms with Crippen LogP contribution in [0.3, 0.4) is 0 Å². The van der Waals surface area contributed by atoms with E-state index >= 15 is 0 Å². The van der Waals surface area contributed by atoms with E-state index in [9.17, 15) is 4.79 Å². The van der Waals surface area contributed by atoms with Crippen molar-refractivity contribution in [3.8, 4) is 0 Å². The Bertz CT molecular complexity index is 916. The number of hydrogen-bond acceptors (Lipinski definition) is 4. The van der Waals surface area contributed by atoms with Gasteiger partial charge in [0.05, 0.1) is 17.7 Å². The lowest BCUT2D eigenvalue weighted by Crippen LogP contribution is -2.18. The van der Waals surface area contributed by atoms with E-state index in [4.69, 9.17) is 4.42 Å². The number of amides is 1. The van der Waals surface area contributed by atoms with Gasteiger partial charge in [0.25, 0.3) is 5.91 Å². The van der Waals surface area contributed by atoms with Gasteiger partial charge in [0.1, 0.15) is 5.76 Å². The van der Waals surface area contributed by atoms with Crippen molar-refractivity contribution in [3.05, 3.63) is 58.6 Å². The Morgan fingerprint density at radius 2 is 2.04 bits per heavy atom. The van der Waals surface area contributed by atoms with Crippen molar-refractivity contribution in [2.75, 3.05) is 18.4 Å². The zero-order valence-corrected chi connectivity index (χ0v) is 15.3. The van der Waals surface area contributed by atoms with Gasteiger partial charge in [0.15, 0.2) is 5.76 Å². The second-order valence-electron chi connectivity index (χ2n) is 6.20. The second-order valence-corrected chi connectivity index (χ2v) is 7.05. The van der Waals surface area contributed by atoms with Gasteiger partial charge in [-0.15, -0.1) is 0 Å². The highest BCUT2D eigenvalue weighted by atomic mass is 79.9. The maximum absolute atomic E-state index is 12.5. The van der Waals surface area contributed by atoms with Gasteiger partial charge in [-0.2, -0.15) is 0 Å². The van der Waals surface area contributed by atoms with Crippen molar-refractivity contribution in [2.45, 2.75) is 19.4 Å². The maximum atomic E-state index is 12.5. The van der Waals surface area contributed by atoms with Gasteiger partial charge < -0.3 is 9.73 Å². The molecule has 1 aliphatic rings. The number of anilines is 1. The van der Waals surface area contributed by atoms with Crippen molar-refractivity contribution in [1.29, 1.82) is 0 Å². The average molecular weight is 400 g/mol. The largest absolute Gasteiger partial charge is 0.455 e. The maximum Gasteiger partial charge on any atom is 0.291 e. The van der Waals surface area contributed by atoms with Crippen LogP contribution < -0.4 is 5.32 Å². The van der Waals surface area contributed by atoms with Crippen LogP contribution in [0.25, 0.3) is 10.9 Å². The molecule has 1 fully saturated rings. The van der Waals surface area contributed by atoms with E-state index in [1.54, 1.807) is 12.3 Å². The molecular weight excluding hydrogens is 382 g/mol. The number of aromatic nitrogens is 1. The number of furan rings is 1. The van der Waals surface area contributed by atoms with Crippen LogP contribution in [0.5, 0.6) is 0 Å². The number of nitrogens with zero attached hydrogens (tertiary/aromatic N) is 2. The summed E-state index contributed by atoms with van der Waals surface area (Å²) in [6.45, 7) is 2.95. The molecule has 1 N–H and O–H groups in total. The standard InChI is InChI=1S/C19H18BrN3O2/c20-15-6-7-16(18-14(15)4-3-9-21-18)22-19(24)17-8-5-13(25-17)12-23-10-1-2-11-23/h3-9H,1-2,10-12H2,(H,22,24). The topological polar surface area (TPSA) is 58.4 Å². The first kappa shape index (κ1) is 16.3. The summed E-state index contributed by atoms with van der Waals surface area (Å²) in [5.41, 5.74) is 1.41. The lowest BCUT2D eigenvalue weighted by atomic mass is 10.2. The van der Waals surface area contributed by atoms with Crippen molar-refractivity contribution >= 4 is 38.4 Å². The normalized spacial score (nSPS) is 14.9. The summed E-state index contributed by atoms with van der Waals surface area (Å²) in [5, 5.41) is 3.86. The molecule has 0 spiro atoms. The Morgan fingerprint density at radius 3 is 2.88 bits per heavy atom. The SMILES string of the molecule is O=C(Nc1ccc(Br)c2cccnc12)c1ccc(CN2CCCC2)o1. The van der Waals surface area contributed by atoms with Crippen LogP contribution in [0, 0.1) is 0 Å². The average Bonchev–Trinajstić information content (AvgIpc) is 3.30. The van der Waals surface area contributed by atoms with Crippen LogP contribution in [-0.4, -0.2) is 28.9 Å². The van der Waals surface area contributed by atoms with Crippen molar-refractivity contribution in [2.24, 2.45) is 0 Å². The predicted octanol–water partition coefficient (Wildman–Crippen LogP) is 4.44. The lowest BCUT2D eigenvalue weighted by molar-refractivity contribution is 0.0993. The zero-order chi connectivity index (χ0) is 17.2. The number of likely N-dealkylation sites (tertiary alicyclic amines) is 1. The molecule has 1 aromatic carbocycles. The van der Waals surface area contributed by atoms with E-state index in [-0.39, 0.29) is 5.91 Å². The summed E-state index contributed by atoms with van der Waals surface area (Å²) in [6, 6.07) is 11.2. The van der Waals surface area contributed by atoms with E-state index in [1.807, 2.05) is 30.3 Å². The van der Waals surface area contributed by atoms with E-state index in [1.165, 1.54) is 12.8 Å². The van der Waals surface area contributed by atoms with Gasteiger partial charge in [-0.1, -0.05) is 22.0 Å². The molecule has 0 bridgehead atoms. The fourth-order valence-corrected chi connectivity index (χ4v) is 3.62.